The van der Waals surface area contributed by atoms with Crippen LogP contribution in [0.1, 0.15) is 24.3 Å². The van der Waals surface area contributed by atoms with Gasteiger partial charge in [0.1, 0.15) is 5.76 Å². The molecule has 1 atom stereocenters. The highest BCUT2D eigenvalue weighted by molar-refractivity contribution is 7.13. The Morgan fingerprint density at radius 2 is 2.45 bits per heavy atom. The maximum atomic E-state index is 12.4. The number of piperidine rings is 1. The van der Waals surface area contributed by atoms with Gasteiger partial charge in [-0.05, 0) is 37.1 Å². The van der Waals surface area contributed by atoms with Crippen LogP contribution in [0.3, 0.4) is 0 Å². The minimum Gasteiger partial charge on any atom is -0.440 e. The van der Waals surface area contributed by atoms with Gasteiger partial charge in [0.15, 0.2) is 0 Å². The van der Waals surface area contributed by atoms with E-state index < -0.39 is 0 Å². The van der Waals surface area contributed by atoms with E-state index in [-0.39, 0.29) is 24.9 Å². The molecule has 0 saturated carbocycles. The Morgan fingerprint density at radius 3 is 3.18 bits per heavy atom. The fraction of sp³-hybridized carbons (Fsp3) is 0.500. The lowest BCUT2D eigenvalue weighted by Gasteiger charge is -2.31. The zero-order chi connectivity index (χ0) is 15.5. The summed E-state index contributed by atoms with van der Waals surface area (Å²) in [7, 11) is 0. The Hall–Kier alpha value is -1.66. The molecule has 6 heteroatoms. The van der Waals surface area contributed by atoms with Crippen LogP contribution < -0.4 is 0 Å². The summed E-state index contributed by atoms with van der Waals surface area (Å²) in [6, 6.07) is 3.91. The third kappa shape index (κ3) is 3.23. The van der Waals surface area contributed by atoms with Crippen LogP contribution in [0, 0.1) is 12.8 Å². The van der Waals surface area contributed by atoms with E-state index in [1.54, 1.807) is 11.3 Å². The molecule has 1 amide bonds. The van der Waals surface area contributed by atoms with Gasteiger partial charge in [0.25, 0.3) is 0 Å². The second-order valence-corrected chi connectivity index (χ2v) is 6.65. The third-order valence-corrected chi connectivity index (χ3v) is 4.93. The molecule has 0 bridgehead atoms. The molecular weight excluding hydrogens is 300 g/mol. The average molecular weight is 320 g/mol. The number of thiophene rings is 1. The van der Waals surface area contributed by atoms with Gasteiger partial charge in [-0.15, -0.1) is 11.3 Å². The molecule has 5 nitrogen and oxygen atoms in total. The summed E-state index contributed by atoms with van der Waals surface area (Å²) in [4.78, 5) is 19.7. The minimum atomic E-state index is 0.0623. The Balaban J connectivity index is 1.69. The smallest absolute Gasteiger partial charge is 0.236 e. The molecule has 22 heavy (non-hydrogen) atoms. The summed E-state index contributed by atoms with van der Waals surface area (Å²) in [6.45, 7) is 3.41. The topological polar surface area (TPSA) is 66.6 Å². The summed E-state index contributed by atoms with van der Waals surface area (Å²) in [5.41, 5.74) is 0.708. The SMILES string of the molecule is Cc1oc(-c2cccs2)nc1CC(=O)N1CCCC(CO)C1. The Labute approximate surface area is 133 Å². The highest BCUT2D eigenvalue weighted by atomic mass is 32.1. The Kier molecular flexibility index (Phi) is 4.59. The van der Waals surface area contributed by atoms with Crippen LogP contribution in [-0.2, 0) is 11.2 Å². The second-order valence-electron chi connectivity index (χ2n) is 5.71. The fourth-order valence-corrected chi connectivity index (χ4v) is 3.44. The monoisotopic (exact) mass is 320 g/mol. The van der Waals surface area contributed by atoms with Crippen LogP contribution in [-0.4, -0.2) is 40.6 Å². The zero-order valence-corrected chi connectivity index (χ0v) is 13.4. The molecule has 2 aromatic heterocycles. The van der Waals surface area contributed by atoms with E-state index in [0.29, 0.717) is 23.9 Å². The number of aliphatic hydroxyl groups excluding tert-OH is 1. The first-order valence-electron chi connectivity index (χ1n) is 7.56. The lowest BCUT2D eigenvalue weighted by atomic mass is 9.98. The van der Waals surface area contributed by atoms with Crippen molar-refractivity contribution < 1.29 is 14.3 Å². The molecular formula is C16H20N2O3S. The van der Waals surface area contributed by atoms with Gasteiger partial charge in [-0.25, -0.2) is 4.98 Å². The highest BCUT2D eigenvalue weighted by Crippen LogP contribution is 2.26. The number of carbonyl (C=O) groups excluding carboxylic acids is 1. The van der Waals surface area contributed by atoms with E-state index >= 15 is 0 Å². The van der Waals surface area contributed by atoms with Gasteiger partial charge in [0.05, 0.1) is 17.0 Å². The van der Waals surface area contributed by atoms with Crippen LogP contribution in [0.15, 0.2) is 21.9 Å². The van der Waals surface area contributed by atoms with Gasteiger partial charge < -0.3 is 14.4 Å². The van der Waals surface area contributed by atoms with Crippen molar-refractivity contribution in [2.75, 3.05) is 19.7 Å². The molecule has 0 aromatic carbocycles. The maximum absolute atomic E-state index is 12.4. The Bertz CT molecular complexity index is 636. The molecule has 1 aliphatic rings. The van der Waals surface area contributed by atoms with Crippen molar-refractivity contribution in [1.29, 1.82) is 0 Å². The molecule has 3 rings (SSSR count). The molecule has 1 unspecified atom stereocenters. The Morgan fingerprint density at radius 1 is 1.59 bits per heavy atom. The molecule has 2 aromatic rings. The number of aliphatic hydroxyl groups is 1. The van der Waals surface area contributed by atoms with Crippen molar-refractivity contribution in [1.82, 2.24) is 9.88 Å². The van der Waals surface area contributed by atoms with Crippen molar-refractivity contribution in [3.63, 3.8) is 0 Å². The van der Waals surface area contributed by atoms with E-state index in [0.717, 1.165) is 24.3 Å². The van der Waals surface area contributed by atoms with E-state index in [2.05, 4.69) is 4.98 Å². The maximum Gasteiger partial charge on any atom is 0.236 e. The number of aryl methyl sites for hydroxylation is 1. The summed E-state index contributed by atoms with van der Waals surface area (Å²) in [5, 5.41) is 11.2. The fourth-order valence-electron chi connectivity index (χ4n) is 2.79. The lowest BCUT2D eigenvalue weighted by Crippen LogP contribution is -2.41. The quantitative estimate of drug-likeness (QED) is 0.940. The number of nitrogens with zero attached hydrogens (tertiary/aromatic N) is 2. The molecule has 0 spiro atoms. The zero-order valence-electron chi connectivity index (χ0n) is 12.6. The molecule has 1 aliphatic heterocycles. The summed E-state index contributed by atoms with van der Waals surface area (Å²) < 4.78 is 5.68. The van der Waals surface area contributed by atoms with Crippen LogP contribution >= 0.6 is 11.3 Å². The number of carbonyl (C=O) groups is 1. The van der Waals surface area contributed by atoms with Gasteiger partial charge in [-0.3, -0.25) is 4.79 Å². The number of aromatic nitrogens is 1. The van der Waals surface area contributed by atoms with E-state index in [1.165, 1.54) is 0 Å². The molecule has 0 aliphatic carbocycles. The summed E-state index contributed by atoms with van der Waals surface area (Å²) in [6.07, 6.45) is 2.21. The van der Waals surface area contributed by atoms with Gasteiger partial charge in [-0.2, -0.15) is 0 Å². The molecule has 118 valence electrons. The van der Waals surface area contributed by atoms with Crippen molar-refractivity contribution in [2.45, 2.75) is 26.2 Å². The van der Waals surface area contributed by atoms with Crippen molar-refractivity contribution in [3.05, 3.63) is 29.0 Å². The van der Waals surface area contributed by atoms with Crippen LogP contribution in [0.25, 0.3) is 10.8 Å². The van der Waals surface area contributed by atoms with Gasteiger partial charge in [-0.1, -0.05) is 6.07 Å². The molecule has 1 saturated heterocycles. The normalized spacial score (nSPS) is 18.6. The first-order chi connectivity index (χ1) is 10.7. The molecule has 1 fully saturated rings. The van der Waals surface area contributed by atoms with Crippen LogP contribution in [0.4, 0.5) is 0 Å². The first-order valence-corrected chi connectivity index (χ1v) is 8.44. The number of rotatable bonds is 4. The number of hydrogen-bond acceptors (Lipinski definition) is 5. The molecule has 1 N–H and O–H groups in total. The van der Waals surface area contributed by atoms with Crippen molar-refractivity contribution >= 4 is 17.2 Å². The predicted molar refractivity (Wildman–Crippen MR) is 84.6 cm³/mol. The number of likely N-dealkylation sites (tertiary alicyclic amines) is 1. The summed E-state index contributed by atoms with van der Waals surface area (Å²) in [5.74, 6) is 1.56. The van der Waals surface area contributed by atoms with Gasteiger partial charge >= 0.3 is 0 Å². The van der Waals surface area contributed by atoms with Crippen LogP contribution in [0.5, 0.6) is 0 Å². The third-order valence-electron chi connectivity index (χ3n) is 4.07. The average Bonchev–Trinajstić information content (AvgIpc) is 3.18. The van der Waals surface area contributed by atoms with Crippen molar-refractivity contribution in [3.8, 4) is 10.8 Å². The lowest BCUT2D eigenvalue weighted by molar-refractivity contribution is -0.132. The number of amides is 1. The second kappa shape index (κ2) is 6.62. The predicted octanol–water partition coefficient (Wildman–Crippen LogP) is 2.48. The van der Waals surface area contributed by atoms with E-state index in [1.807, 2.05) is 29.3 Å². The van der Waals surface area contributed by atoms with Crippen LogP contribution in [0.2, 0.25) is 0 Å². The first kappa shape index (κ1) is 15.2. The van der Waals surface area contributed by atoms with Gasteiger partial charge in [0.2, 0.25) is 11.8 Å². The highest BCUT2D eigenvalue weighted by Gasteiger charge is 2.24. The van der Waals surface area contributed by atoms with Gasteiger partial charge in [0, 0.05) is 19.7 Å². The van der Waals surface area contributed by atoms with Crippen molar-refractivity contribution in [2.24, 2.45) is 5.92 Å². The van der Waals surface area contributed by atoms with E-state index in [4.69, 9.17) is 4.42 Å². The number of oxazole rings is 1. The summed E-state index contributed by atoms with van der Waals surface area (Å²) >= 11 is 1.57. The standard InChI is InChI=1S/C16H20N2O3S/c1-11-13(17-16(21-11)14-5-3-7-22-14)8-15(20)18-6-2-4-12(9-18)10-19/h3,5,7,12,19H,2,4,6,8-10H2,1H3. The number of hydrogen-bond donors (Lipinski definition) is 1. The minimum absolute atomic E-state index is 0.0623. The molecule has 3 heterocycles. The largest absolute Gasteiger partial charge is 0.440 e. The molecule has 0 radical (unpaired) electrons. The van der Waals surface area contributed by atoms with E-state index in [9.17, 15) is 9.90 Å².